The molecule has 0 aliphatic carbocycles. The number of rotatable bonds is 5. The van der Waals surface area contributed by atoms with Crippen molar-refractivity contribution in [2.24, 2.45) is 0 Å². The summed E-state index contributed by atoms with van der Waals surface area (Å²) in [5.74, 6) is 0.681. The van der Waals surface area contributed by atoms with Crippen LogP contribution in [0.25, 0.3) is 5.69 Å². The van der Waals surface area contributed by atoms with E-state index in [0.717, 1.165) is 43.1 Å². The van der Waals surface area contributed by atoms with Gasteiger partial charge in [-0.15, -0.1) is 0 Å². The molecule has 0 bridgehead atoms. The molecule has 3 rings (SSSR count). The Morgan fingerprint density at radius 1 is 1.24 bits per heavy atom. The van der Waals surface area contributed by atoms with Gasteiger partial charge in [0.2, 0.25) is 0 Å². The predicted octanol–water partition coefficient (Wildman–Crippen LogP) is 4.22. The average Bonchev–Trinajstić information content (AvgIpc) is 2.76. The van der Waals surface area contributed by atoms with Gasteiger partial charge in [0, 0.05) is 25.1 Å². The first-order valence-electron chi connectivity index (χ1n) is 8.61. The third-order valence-electron chi connectivity index (χ3n) is 4.34. The number of alkyl halides is 3. The molecule has 0 atom stereocenters. The molecule has 1 aromatic carbocycles. The summed E-state index contributed by atoms with van der Waals surface area (Å²) in [5.41, 5.74) is 1.20. The maximum atomic E-state index is 13.4. The maximum Gasteiger partial charge on any atom is 0.418 e. The SMILES string of the molecule is CCOCCc1nn(-c2ccccc2C(F)(F)F)c2c1CCCCN2. The Balaban J connectivity index is 2.08. The molecule has 1 aromatic heterocycles. The first kappa shape index (κ1) is 17.8. The molecule has 0 spiro atoms. The number of ether oxygens (including phenoxy) is 1. The molecule has 2 aromatic rings. The lowest BCUT2D eigenvalue weighted by molar-refractivity contribution is -0.137. The summed E-state index contributed by atoms with van der Waals surface area (Å²) in [5, 5.41) is 7.80. The van der Waals surface area contributed by atoms with E-state index in [9.17, 15) is 13.2 Å². The topological polar surface area (TPSA) is 39.1 Å². The summed E-state index contributed by atoms with van der Waals surface area (Å²) < 4.78 is 47.1. The van der Waals surface area contributed by atoms with E-state index in [2.05, 4.69) is 10.4 Å². The number of para-hydroxylation sites is 1. The Bertz CT molecular complexity index is 725. The van der Waals surface area contributed by atoms with Gasteiger partial charge in [0.05, 0.1) is 23.6 Å². The van der Waals surface area contributed by atoms with E-state index >= 15 is 0 Å². The number of benzene rings is 1. The Morgan fingerprint density at radius 3 is 2.80 bits per heavy atom. The van der Waals surface area contributed by atoms with Crippen molar-refractivity contribution in [3.05, 3.63) is 41.1 Å². The van der Waals surface area contributed by atoms with E-state index in [1.807, 2.05) is 6.92 Å². The highest BCUT2D eigenvalue weighted by molar-refractivity contribution is 5.56. The molecule has 0 amide bonds. The van der Waals surface area contributed by atoms with Crippen LogP contribution in [0.2, 0.25) is 0 Å². The lowest BCUT2D eigenvalue weighted by Gasteiger charge is -2.15. The Kier molecular flexibility index (Phi) is 5.32. The summed E-state index contributed by atoms with van der Waals surface area (Å²) in [6.07, 6.45) is -1.03. The van der Waals surface area contributed by atoms with Crippen LogP contribution in [0.4, 0.5) is 19.0 Å². The van der Waals surface area contributed by atoms with Gasteiger partial charge in [0.15, 0.2) is 0 Å². The molecule has 0 saturated heterocycles. The van der Waals surface area contributed by atoms with Crippen molar-refractivity contribution in [2.45, 2.75) is 38.8 Å². The molecule has 0 radical (unpaired) electrons. The second-order valence-corrected chi connectivity index (χ2v) is 6.03. The van der Waals surface area contributed by atoms with Gasteiger partial charge in [-0.2, -0.15) is 18.3 Å². The van der Waals surface area contributed by atoms with Crippen molar-refractivity contribution in [1.82, 2.24) is 9.78 Å². The smallest absolute Gasteiger partial charge is 0.381 e. The lowest BCUT2D eigenvalue weighted by atomic mass is 10.1. The van der Waals surface area contributed by atoms with Crippen molar-refractivity contribution < 1.29 is 17.9 Å². The van der Waals surface area contributed by atoms with E-state index in [4.69, 9.17) is 4.74 Å². The van der Waals surface area contributed by atoms with Crippen molar-refractivity contribution in [3.63, 3.8) is 0 Å². The van der Waals surface area contributed by atoms with E-state index in [-0.39, 0.29) is 5.69 Å². The second kappa shape index (κ2) is 7.47. The monoisotopic (exact) mass is 353 g/mol. The Labute approximate surface area is 145 Å². The molecule has 0 unspecified atom stereocenters. The van der Waals surface area contributed by atoms with Crippen LogP contribution in [0.15, 0.2) is 24.3 Å². The zero-order chi connectivity index (χ0) is 17.9. The van der Waals surface area contributed by atoms with Gasteiger partial charge in [0.25, 0.3) is 0 Å². The normalized spacial score (nSPS) is 14.7. The van der Waals surface area contributed by atoms with Crippen LogP contribution in [-0.2, 0) is 23.8 Å². The van der Waals surface area contributed by atoms with Gasteiger partial charge in [-0.25, -0.2) is 4.68 Å². The van der Waals surface area contributed by atoms with E-state index in [1.165, 1.54) is 16.8 Å². The highest BCUT2D eigenvalue weighted by atomic mass is 19.4. The van der Waals surface area contributed by atoms with Crippen LogP contribution >= 0.6 is 0 Å². The largest absolute Gasteiger partial charge is 0.418 e. The molecule has 4 nitrogen and oxygen atoms in total. The summed E-state index contributed by atoms with van der Waals surface area (Å²) in [7, 11) is 0. The average molecular weight is 353 g/mol. The van der Waals surface area contributed by atoms with Gasteiger partial charge < -0.3 is 10.1 Å². The highest BCUT2D eigenvalue weighted by Crippen LogP contribution is 2.36. The molecule has 0 fully saturated rings. The van der Waals surface area contributed by atoms with Gasteiger partial charge in [0.1, 0.15) is 5.82 Å². The summed E-state index contributed by atoms with van der Waals surface area (Å²) >= 11 is 0. The van der Waals surface area contributed by atoms with Crippen LogP contribution in [0.3, 0.4) is 0 Å². The minimum absolute atomic E-state index is 0.0586. The molecule has 0 saturated carbocycles. The maximum absolute atomic E-state index is 13.4. The van der Waals surface area contributed by atoms with Crippen LogP contribution < -0.4 is 5.32 Å². The van der Waals surface area contributed by atoms with Crippen molar-refractivity contribution >= 4 is 5.82 Å². The predicted molar refractivity (Wildman–Crippen MR) is 90.2 cm³/mol. The third kappa shape index (κ3) is 3.81. The quantitative estimate of drug-likeness (QED) is 0.818. The number of hydrogen-bond donors (Lipinski definition) is 1. The fourth-order valence-corrected chi connectivity index (χ4v) is 3.16. The molecule has 1 aliphatic rings. The van der Waals surface area contributed by atoms with E-state index < -0.39 is 11.7 Å². The standard InChI is InChI=1S/C18H22F3N3O/c1-2-25-12-10-15-13-7-5-6-11-22-17(13)24(23-15)16-9-4-3-8-14(16)18(19,20)21/h3-4,8-9,22H,2,5-7,10-12H2,1H3. The minimum Gasteiger partial charge on any atom is -0.381 e. The van der Waals surface area contributed by atoms with E-state index in [1.54, 1.807) is 6.07 Å². The number of nitrogens with zero attached hydrogens (tertiary/aromatic N) is 2. The molecule has 136 valence electrons. The molecule has 2 heterocycles. The van der Waals surface area contributed by atoms with Crippen LogP contribution in [0, 0.1) is 0 Å². The van der Waals surface area contributed by atoms with Crippen LogP contribution in [0.1, 0.15) is 36.6 Å². The molecular formula is C18H22F3N3O. The number of halogens is 3. The van der Waals surface area contributed by atoms with Crippen LogP contribution in [-0.4, -0.2) is 29.5 Å². The first-order valence-corrected chi connectivity index (χ1v) is 8.61. The Hall–Kier alpha value is -2.02. The van der Waals surface area contributed by atoms with Crippen molar-refractivity contribution in [1.29, 1.82) is 0 Å². The molecule has 1 N–H and O–H groups in total. The third-order valence-corrected chi connectivity index (χ3v) is 4.34. The number of hydrogen-bond acceptors (Lipinski definition) is 3. The summed E-state index contributed by atoms with van der Waals surface area (Å²) in [6, 6.07) is 5.57. The van der Waals surface area contributed by atoms with Gasteiger partial charge in [-0.05, 0) is 38.3 Å². The zero-order valence-corrected chi connectivity index (χ0v) is 14.2. The Morgan fingerprint density at radius 2 is 2.04 bits per heavy atom. The number of aromatic nitrogens is 2. The van der Waals surface area contributed by atoms with Crippen molar-refractivity contribution in [3.8, 4) is 5.69 Å². The number of fused-ring (bicyclic) bond motifs is 1. The number of nitrogens with one attached hydrogen (secondary N) is 1. The zero-order valence-electron chi connectivity index (χ0n) is 14.2. The highest BCUT2D eigenvalue weighted by Gasteiger charge is 2.35. The fraction of sp³-hybridized carbons (Fsp3) is 0.500. The molecule has 1 aliphatic heterocycles. The summed E-state index contributed by atoms with van der Waals surface area (Å²) in [6.45, 7) is 3.77. The minimum atomic E-state index is -4.42. The second-order valence-electron chi connectivity index (χ2n) is 6.03. The molecule has 7 heteroatoms. The van der Waals surface area contributed by atoms with Gasteiger partial charge in [-0.3, -0.25) is 0 Å². The summed E-state index contributed by atoms with van der Waals surface area (Å²) in [4.78, 5) is 0. The van der Waals surface area contributed by atoms with Gasteiger partial charge in [-0.1, -0.05) is 12.1 Å². The first-order chi connectivity index (χ1) is 12.0. The van der Waals surface area contributed by atoms with Crippen LogP contribution in [0.5, 0.6) is 0 Å². The van der Waals surface area contributed by atoms with E-state index in [0.29, 0.717) is 25.5 Å². The van der Waals surface area contributed by atoms with Gasteiger partial charge >= 0.3 is 6.18 Å². The number of anilines is 1. The lowest BCUT2D eigenvalue weighted by Crippen LogP contribution is -2.14. The fourth-order valence-electron chi connectivity index (χ4n) is 3.16. The molecular weight excluding hydrogens is 331 g/mol. The molecule has 25 heavy (non-hydrogen) atoms. The van der Waals surface area contributed by atoms with Crippen molar-refractivity contribution in [2.75, 3.05) is 25.1 Å².